The number of aliphatic hydroxyl groups is 1. The summed E-state index contributed by atoms with van der Waals surface area (Å²) < 4.78 is 5.81. The van der Waals surface area contributed by atoms with Crippen LogP contribution in [-0.2, 0) is 6.42 Å². The van der Waals surface area contributed by atoms with Gasteiger partial charge in [0.25, 0.3) is 0 Å². The Labute approximate surface area is 210 Å². The van der Waals surface area contributed by atoms with Crippen molar-refractivity contribution in [3.8, 4) is 11.1 Å². The van der Waals surface area contributed by atoms with E-state index in [-0.39, 0.29) is 5.41 Å². The van der Waals surface area contributed by atoms with Crippen LogP contribution in [0.15, 0.2) is 47.0 Å². The highest BCUT2D eigenvalue weighted by atomic mass is 16.5. The van der Waals surface area contributed by atoms with E-state index in [4.69, 9.17) is 4.52 Å². The molecule has 5 nitrogen and oxygen atoms in total. The molecule has 1 aliphatic carbocycles. The van der Waals surface area contributed by atoms with E-state index in [0.29, 0.717) is 6.61 Å². The first-order valence-electron chi connectivity index (χ1n) is 13.4. The maximum atomic E-state index is 9.93. The molecule has 1 saturated carbocycles. The van der Waals surface area contributed by atoms with Crippen LogP contribution in [0.25, 0.3) is 22.1 Å². The molecule has 2 N–H and O–H groups in total. The van der Waals surface area contributed by atoms with Gasteiger partial charge in [-0.15, -0.1) is 0 Å². The third kappa shape index (κ3) is 6.14. The number of aryl methyl sites for hydroxylation is 2. The van der Waals surface area contributed by atoms with Gasteiger partial charge in [-0.25, -0.2) is 0 Å². The fourth-order valence-electron chi connectivity index (χ4n) is 6.04. The zero-order chi connectivity index (χ0) is 24.7. The van der Waals surface area contributed by atoms with Crippen LogP contribution in [0.4, 0.5) is 0 Å². The molecule has 5 rings (SSSR count). The number of piperidine rings is 1. The first-order chi connectivity index (χ1) is 17.1. The lowest BCUT2D eigenvalue weighted by molar-refractivity contribution is 0.0602. The molecule has 2 heterocycles. The quantitative estimate of drug-likeness (QED) is 0.448. The summed E-state index contributed by atoms with van der Waals surface area (Å²) in [5, 5.41) is 18.3. The van der Waals surface area contributed by atoms with Gasteiger partial charge < -0.3 is 19.8 Å². The van der Waals surface area contributed by atoms with Crippen molar-refractivity contribution in [2.24, 2.45) is 11.3 Å². The number of nitrogens with one attached hydrogen (secondary N) is 1. The van der Waals surface area contributed by atoms with Gasteiger partial charge in [0, 0.05) is 29.5 Å². The molecule has 0 radical (unpaired) electrons. The van der Waals surface area contributed by atoms with E-state index in [1.165, 1.54) is 80.1 Å². The Bertz CT molecular complexity index is 1050. The molecule has 0 spiro atoms. The number of hydrogen-bond acceptors (Lipinski definition) is 5. The molecule has 0 unspecified atom stereocenters. The summed E-state index contributed by atoms with van der Waals surface area (Å²) in [5.74, 6) is 0.761. The number of nitrogens with zero attached hydrogens (tertiary/aromatic N) is 2. The lowest BCUT2D eigenvalue weighted by Crippen LogP contribution is -2.42. The number of aromatic nitrogens is 1. The molecule has 2 aromatic carbocycles. The number of benzene rings is 2. The van der Waals surface area contributed by atoms with E-state index >= 15 is 0 Å². The molecule has 0 atom stereocenters. The van der Waals surface area contributed by atoms with Gasteiger partial charge in [-0.1, -0.05) is 54.4 Å². The molecular formula is C30H43N3O2. The van der Waals surface area contributed by atoms with Gasteiger partial charge in [-0.3, -0.25) is 0 Å². The molecule has 2 aliphatic rings. The molecule has 5 heteroatoms. The second-order valence-electron chi connectivity index (χ2n) is 10.7. The molecular weight excluding hydrogens is 434 g/mol. The smallest absolute Gasteiger partial charge is 0.170 e. The van der Waals surface area contributed by atoms with E-state index in [1.54, 1.807) is 0 Å². The minimum atomic E-state index is 0.183. The van der Waals surface area contributed by atoms with Gasteiger partial charge in [0.2, 0.25) is 0 Å². The predicted octanol–water partition coefficient (Wildman–Crippen LogP) is 5.84. The first-order valence-corrected chi connectivity index (χ1v) is 13.4. The lowest BCUT2D eigenvalue weighted by Gasteiger charge is -2.38. The van der Waals surface area contributed by atoms with Crippen LogP contribution in [0.5, 0.6) is 0 Å². The average Bonchev–Trinajstić information content (AvgIpc) is 3.53. The molecule has 1 aliphatic heterocycles. The van der Waals surface area contributed by atoms with Crippen LogP contribution in [0.2, 0.25) is 0 Å². The highest BCUT2D eigenvalue weighted by Gasteiger charge is 2.35. The Morgan fingerprint density at radius 2 is 1.74 bits per heavy atom. The fraction of sp³-hybridized carbons (Fsp3) is 0.567. The molecule has 190 valence electrons. The van der Waals surface area contributed by atoms with E-state index < -0.39 is 0 Å². The van der Waals surface area contributed by atoms with Crippen molar-refractivity contribution >= 4 is 11.0 Å². The van der Waals surface area contributed by atoms with Crippen molar-refractivity contribution in [3.05, 3.63) is 53.7 Å². The monoisotopic (exact) mass is 477 g/mol. The summed E-state index contributed by atoms with van der Waals surface area (Å²) >= 11 is 0. The van der Waals surface area contributed by atoms with Crippen molar-refractivity contribution in [2.45, 2.75) is 58.3 Å². The molecule has 0 amide bonds. The molecule has 3 aromatic rings. The molecule has 0 bridgehead atoms. The van der Waals surface area contributed by atoms with Crippen molar-refractivity contribution in [2.75, 3.05) is 40.3 Å². The highest BCUT2D eigenvalue weighted by molar-refractivity contribution is 5.88. The standard InChI is InChI=1S/C28H36N2O2.C2H7N/c1-21-24(23-7-3-2-4-8-23)10-11-25-26(29-32-27(21)25)12-9-22-13-17-30(18-14-22)19-28(20-31)15-5-6-16-28;1-3-2/h2-4,7-8,10-11,22,31H,5-6,9,12-20H2,1H3;3H,1-2H3. The Morgan fingerprint density at radius 3 is 2.40 bits per heavy atom. The minimum Gasteiger partial charge on any atom is -0.396 e. The second kappa shape index (κ2) is 12.2. The normalized spacial score (nSPS) is 18.5. The summed E-state index contributed by atoms with van der Waals surface area (Å²) in [6.07, 6.45) is 9.66. The fourth-order valence-corrected chi connectivity index (χ4v) is 6.04. The summed E-state index contributed by atoms with van der Waals surface area (Å²) in [6.45, 7) is 5.93. The Hall–Kier alpha value is -2.21. The maximum absolute atomic E-state index is 9.93. The number of fused-ring (bicyclic) bond motifs is 1. The number of likely N-dealkylation sites (tertiary alicyclic amines) is 1. The summed E-state index contributed by atoms with van der Waals surface area (Å²) in [7, 11) is 3.75. The molecule has 1 saturated heterocycles. The van der Waals surface area contributed by atoms with Crippen LogP contribution in [0.3, 0.4) is 0 Å². The van der Waals surface area contributed by atoms with Crippen molar-refractivity contribution in [1.82, 2.24) is 15.4 Å². The highest BCUT2D eigenvalue weighted by Crippen LogP contribution is 2.39. The molecule has 1 aromatic heterocycles. The van der Waals surface area contributed by atoms with E-state index in [9.17, 15) is 5.11 Å². The number of hydrogen-bond donors (Lipinski definition) is 2. The average molecular weight is 478 g/mol. The van der Waals surface area contributed by atoms with E-state index in [0.717, 1.165) is 30.2 Å². The van der Waals surface area contributed by atoms with Gasteiger partial charge in [0.15, 0.2) is 5.58 Å². The van der Waals surface area contributed by atoms with Crippen LogP contribution in [0, 0.1) is 18.3 Å². The van der Waals surface area contributed by atoms with Crippen molar-refractivity contribution in [1.29, 1.82) is 0 Å². The maximum Gasteiger partial charge on any atom is 0.170 e. The van der Waals surface area contributed by atoms with Crippen LogP contribution in [-0.4, -0.2) is 55.5 Å². The number of rotatable bonds is 7. The van der Waals surface area contributed by atoms with Crippen molar-refractivity contribution in [3.63, 3.8) is 0 Å². The number of aliphatic hydroxyl groups excluding tert-OH is 1. The van der Waals surface area contributed by atoms with Gasteiger partial charge in [-0.05, 0) is 95.7 Å². The molecule has 2 fully saturated rings. The van der Waals surface area contributed by atoms with Crippen LogP contribution in [0.1, 0.15) is 56.2 Å². The van der Waals surface area contributed by atoms with Crippen LogP contribution >= 0.6 is 0 Å². The predicted molar refractivity (Wildman–Crippen MR) is 145 cm³/mol. The van der Waals surface area contributed by atoms with Gasteiger partial charge >= 0.3 is 0 Å². The third-order valence-corrected chi connectivity index (χ3v) is 8.10. The zero-order valence-corrected chi connectivity index (χ0v) is 21.9. The Kier molecular flexibility index (Phi) is 8.99. The zero-order valence-electron chi connectivity index (χ0n) is 21.9. The summed E-state index contributed by atoms with van der Waals surface area (Å²) in [4.78, 5) is 2.61. The summed E-state index contributed by atoms with van der Waals surface area (Å²) in [5.41, 5.74) is 5.83. The first kappa shape index (κ1) is 25.9. The van der Waals surface area contributed by atoms with Crippen LogP contribution < -0.4 is 5.32 Å². The molecule has 35 heavy (non-hydrogen) atoms. The Balaban J connectivity index is 0.000000917. The third-order valence-electron chi connectivity index (χ3n) is 8.10. The van der Waals surface area contributed by atoms with Gasteiger partial charge in [-0.2, -0.15) is 0 Å². The van der Waals surface area contributed by atoms with Gasteiger partial charge in [0.05, 0.1) is 5.69 Å². The topological polar surface area (TPSA) is 61.5 Å². The minimum absolute atomic E-state index is 0.183. The van der Waals surface area contributed by atoms with Gasteiger partial charge in [0.1, 0.15) is 0 Å². The van der Waals surface area contributed by atoms with E-state index in [1.807, 2.05) is 20.2 Å². The summed E-state index contributed by atoms with van der Waals surface area (Å²) in [6, 6.07) is 14.9. The second-order valence-corrected chi connectivity index (χ2v) is 10.7. The van der Waals surface area contributed by atoms with Crippen molar-refractivity contribution < 1.29 is 9.63 Å². The lowest BCUT2D eigenvalue weighted by atomic mass is 9.84. The largest absolute Gasteiger partial charge is 0.396 e. The Morgan fingerprint density at radius 1 is 1.06 bits per heavy atom. The van der Waals surface area contributed by atoms with E-state index in [2.05, 4.69) is 58.7 Å². The SMILES string of the molecule is CNC.Cc1c(-c2ccccc2)ccc2c(CCC3CCN(CC4(CO)CCCC4)CC3)noc12.